The topological polar surface area (TPSA) is 76.5 Å². The van der Waals surface area contributed by atoms with E-state index in [2.05, 4.69) is 10.1 Å². The van der Waals surface area contributed by atoms with Crippen LogP contribution in [0.1, 0.15) is 31.0 Å². The van der Waals surface area contributed by atoms with E-state index >= 15 is 0 Å². The van der Waals surface area contributed by atoms with E-state index in [0.29, 0.717) is 22.7 Å². The monoisotopic (exact) mass is 331 g/mol. The van der Waals surface area contributed by atoms with Crippen LogP contribution in [0.15, 0.2) is 34.1 Å². The number of nitrogens with one attached hydrogen (secondary N) is 1. The van der Waals surface area contributed by atoms with Crippen molar-refractivity contribution in [2.24, 2.45) is 4.99 Å². The fourth-order valence-corrected chi connectivity index (χ4v) is 2.51. The van der Waals surface area contributed by atoms with Crippen molar-refractivity contribution in [2.45, 2.75) is 32.2 Å². The molecule has 1 aromatic carbocycles. The number of ether oxygens (including phenoxy) is 1. The Hall–Kier alpha value is -2.70. The minimum atomic E-state index is -0.456. The largest absolute Gasteiger partial charge is 0.469 e. The molecular formula is C17H18FN3O3. The van der Waals surface area contributed by atoms with E-state index in [0.717, 1.165) is 12.8 Å². The molecule has 1 fully saturated rings. The quantitative estimate of drug-likeness (QED) is 0.672. The number of aromatic nitrogens is 2. The molecule has 1 N–H and O–H groups in total. The summed E-state index contributed by atoms with van der Waals surface area (Å²) in [6, 6.07) is 5.78. The summed E-state index contributed by atoms with van der Waals surface area (Å²) in [7, 11) is 1.29. The molecule has 1 saturated carbocycles. The molecule has 0 unspecified atom stereocenters. The van der Waals surface area contributed by atoms with Gasteiger partial charge in [0.15, 0.2) is 0 Å². The Kier molecular flexibility index (Phi) is 4.33. The van der Waals surface area contributed by atoms with Crippen molar-refractivity contribution in [3.63, 3.8) is 0 Å². The van der Waals surface area contributed by atoms with Gasteiger partial charge in [-0.2, -0.15) is 0 Å². The van der Waals surface area contributed by atoms with Crippen LogP contribution in [-0.4, -0.2) is 34.6 Å². The molecule has 126 valence electrons. The van der Waals surface area contributed by atoms with E-state index < -0.39 is 5.97 Å². The molecule has 0 radical (unpaired) electrons. The molecule has 1 heterocycles. The predicted octanol–water partition coefficient (Wildman–Crippen LogP) is 1.99. The molecular weight excluding hydrogens is 313 g/mol. The number of hydrogen-bond acceptors (Lipinski definition) is 4. The fourth-order valence-electron chi connectivity index (χ4n) is 2.51. The number of hydrogen-bond donors (Lipinski definition) is 1. The van der Waals surface area contributed by atoms with E-state index in [-0.39, 0.29) is 23.8 Å². The number of aliphatic imine (C=N–C) groups is 1. The maximum atomic E-state index is 13.1. The zero-order valence-electron chi connectivity index (χ0n) is 13.5. The first kappa shape index (κ1) is 16.2. The third-order valence-electron chi connectivity index (χ3n) is 3.88. The summed E-state index contributed by atoms with van der Waals surface area (Å²) in [5.74, 6) is -0.845. The Balaban J connectivity index is 2.09. The summed E-state index contributed by atoms with van der Waals surface area (Å²) in [6.45, 7) is 1.76. The Morgan fingerprint density at radius 1 is 1.38 bits per heavy atom. The molecule has 3 rings (SSSR count). The molecule has 0 spiro atoms. The molecule has 0 bridgehead atoms. The van der Waals surface area contributed by atoms with Crippen molar-refractivity contribution in [3.05, 3.63) is 51.7 Å². The smallest absolute Gasteiger partial charge is 0.311 e. The van der Waals surface area contributed by atoms with Gasteiger partial charge in [-0.25, -0.2) is 9.07 Å². The third-order valence-corrected chi connectivity index (χ3v) is 3.88. The van der Waals surface area contributed by atoms with Crippen molar-refractivity contribution in [3.8, 4) is 5.69 Å². The minimum Gasteiger partial charge on any atom is -0.469 e. The van der Waals surface area contributed by atoms with Gasteiger partial charge in [0.1, 0.15) is 5.82 Å². The van der Waals surface area contributed by atoms with Gasteiger partial charge in [-0.15, -0.1) is 0 Å². The normalized spacial score (nSPS) is 14.7. The molecule has 0 amide bonds. The highest BCUT2D eigenvalue weighted by molar-refractivity contribution is 6.00. The maximum absolute atomic E-state index is 13.1. The number of benzene rings is 1. The van der Waals surface area contributed by atoms with Crippen LogP contribution in [-0.2, 0) is 16.0 Å². The van der Waals surface area contributed by atoms with Gasteiger partial charge >= 0.3 is 5.97 Å². The van der Waals surface area contributed by atoms with Gasteiger partial charge in [-0.1, -0.05) is 0 Å². The maximum Gasteiger partial charge on any atom is 0.311 e. The second-order valence-corrected chi connectivity index (χ2v) is 5.78. The van der Waals surface area contributed by atoms with E-state index in [9.17, 15) is 14.0 Å². The van der Waals surface area contributed by atoms with Gasteiger partial charge in [0.25, 0.3) is 5.56 Å². The second-order valence-electron chi connectivity index (χ2n) is 5.78. The number of halogens is 1. The lowest BCUT2D eigenvalue weighted by Crippen LogP contribution is -2.20. The third kappa shape index (κ3) is 3.29. The number of H-pyrrole nitrogens is 1. The minimum absolute atomic E-state index is 0.0627. The standard InChI is InChI=1S/C17H18FN3O3/c1-10(19-12-5-6-12)16-14(9-15(22)24-2)20-21(17(16)23)13-7-3-11(18)4-8-13/h3-4,7-8,12,20H,5-6,9H2,1-2H3. The van der Waals surface area contributed by atoms with Gasteiger partial charge < -0.3 is 4.74 Å². The van der Waals surface area contributed by atoms with Gasteiger partial charge in [0.05, 0.1) is 36.5 Å². The van der Waals surface area contributed by atoms with E-state index in [1.807, 2.05) is 0 Å². The zero-order valence-corrected chi connectivity index (χ0v) is 13.5. The van der Waals surface area contributed by atoms with Crippen LogP contribution in [0.4, 0.5) is 4.39 Å². The molecule has 6 nitrogen and oxygen atoms in total. The van der Waals surface area contributed by atoms with E-state index in [1.165, 1.54) is 36.1 Å². The first-order chi connectivity index (χ1) is 11.5. The first-order valence-corrected chi connectivity index (χ1v) is 7.71. The van der Waals surface area contributed by atoms with Crippen LogP contribution in [0.3, 0.4) is 0 Å². The van der Waals surface area contributed by atoms with Crippen LogP contribution in [0.25, 0.3) is 5.69 Å². The Morgan fingerprint density at radius 2 is 2.04 bits per heavy atom. The van der Waals surface area contributed by atoms with Crippen molar-refractivity contribution in [2.75, 3.05) is 7.11 Å². The summed E-state index contributed by atoms with van der Waals surface area (Å²) in [5.41, 5.74) is 1.58. The number of rotatable bonds is 5. The summed E-state index contributed by atoms with van der Waals surface area (Å²) in [5, 5.41) is 2.93. The van der Waals surface area contributed by atoms with Crippen LogP contribution >= 0.6 is 0 Å². The molecule has 0 saturated heterocycles. The van der Waals surface area contributed by atoms with Crippen molar-refractivity contribution >= 4 is 11.7 Å². The Labute approximate surface area is 138 Å². The lowest BCUT2D eigenvalue weighted by Gasteiger charge is -2.02. The Morgan fingerprint density at radius 3 is 2.62 bits per heavy atom. The highest BCUT2D eigenvalue weighted by Gasteiger charge is 2.24. The van der Waals surface area contributed by atoms with Crippen molar-refractivity contribution in [1.29, 1.82) is 0 Å². The highest BCUT2D eigenvalue weighted by Crippen LogP contribution is 2.24. The molecule has 1 aromatic heterocycles. The molecule has 1 aliphatic carbocycles. The van der Waals surface area contributed by atoms with Crippen LogP contribution in [0, 0.1) is 5.82 Å². The van der Waals surface area contributed by atoms with Gasteiger partial charge in [0.2, 0.25) is 0 Å². The van der Waals surface area contributed by atoms with E-state index in [1.54, 1.807) is 6.92 Å². The zero-order chi connectivity index (χ0) is 17.3. The van der Waals surface area contributed by atoms with Crippen molar-refractivity contribution in [1.82, 2.24) is 9.78 Å². The summed E-state index contributed by atoms with van der Waals surface area (Å²) in [6.07, 6.45) is 1.97. The molecule has 0 atom stereocenters. The summed E-state index contributed by atoms with van der Waals surface area (Å²) >= 11 is 0. The SMILES string of the molecule is COC(=O)Cc1[nH]n(-c2ccc(F)cc2)c(=O)c1C(C)=NC1CC1. The van der Waals surface area contributed by atoms with Crippen LogP contribution in [0.2, 0.25) is 0 Å². The Bertz CT molecular complexity index is 845. The van der Waals surface area contributed by atoms with Crippen molar-refractivity contribution < 1.29 is 13.9 Å². The summed E-state index contributed by atoms with van der Waals surface area (Å²) < 4.78 is 19.1. The number of carbonyl (C=O) groups is 1. The lowest BCUT2D eigenvalue weighted by atomic mass is 10.1. The molecule has 2 aromatic rings. The highest BCUT2D eigenvalue weighted by atomic mass is 19.1. The number of nitrogens with zero attached hydrogens (tertiary/aromatic N) is 2. The van der Waals surface area contributed by atoms with Crippen LogP contribution < -0.4 is 5.56 Å². The van der Waals surface area contributed by atoms with Crippen LogP contribution in [0.5, 0.6) is 0 Å². The lowest BCUT2D eigenvalue weighted by molar-refractivity contribution is -0.139. The predicted molar refractivity (Wildman–Crippen MR) is 87.3 cm³/mol. The van der Waals surface area contributed by atoms with Gasteiger partial charge in [-0.3, -0.25) is 19.7 Å². The van der Waals surface area contributed by atoms with Gasteiger partial charge in [0, 0.05) is 5.71 Å². The summed E-state index contributed by atoms with van der Waals surface area (Å²) in [4.78, 5) is 28.9. The molecule has 7 heteroatoms. The second kappa shape index (κ2) is 6.43. The molecule has 1 aliphatic rings. The average molecular weight is 331 g/mol. The molecule has 24 heavy (non-hydrogen) atoms. The van der Waals surface area contributed by atoms with E-state index in [4.69, 9.17) is 4.74 Å². The number of esters is 1. The van der Waals surface area contributed by atoms with Gasteiger partial charge in [-0.05, 0) is 44.0 Å². The number of methoxy groups -OCH3 is 1. The number of aromatic amines is 1. The fraction of sp³-hybridized carbons (Fsp3) is 0.353. The number of carbonyl (C=O) groups excluding carboxylic acids is 1. The average Bonchev–Trinajstić information content (AvgIpc) is 3.31. The first-order valence-electron chi connectivity index (χ1n) is 7.71. The molecule has 0 aliphatic heterocycles.